The van der Waals surface area contributed by atoms with Gasteiger partial charge < -0.3 is 14.8 Å². The van der Waals surface area contributed by atoms with Crippen molar-refractivity contribution in [1.29, 1.82) is 0 Å². The van der Waals surface area contributed by atoms with E-state index < -0.39 is 6.10 Å². The lowest BCUT2D eigenvalue weighted by Crippen LogP contribution is -2.35. The van der Waals surface area contributed by atoms with Crippen LogP contribution in [0.5, 0.6) is 5.75 Å². The van der Waals surface area contributed by atoms with Gasteiger partial charge in [0.15, 0.2) is 0 Å². The van der Waals surface area contributed by atoms with Crippen LogP contribution in [0, 0.1) is 0 Å². The summed E-state index contributed by atoms with van der Waals surface area (Å²) in [5.74, 6) is 0.726. The first-order valence-corrected chi connectivity index (χ1v) is 6.14. The third-order valence-corrected chi connectivity index (χ3v) is 2.77. The van der Waals surface area contributed by atoms with Crippen molar-refractivity contribution in [1.82, 2.24) is 5.32 Å². The lowest BCUT2D eigenvalue weighted by atomic mass is 10.1. The SMILES string of the molecule is CCOc1ccc(C(C)NC(=O)C(C)OC)cc1. The second kappa shape index (κ2) is 7.01. The fraction of sp³-hybridized carbons (Fsp3) is 0.500. The van der Waals surface area contributed by atoms with E-state index in [9.17, 15) is 4.79 Å². The van der Waals surface area contributed by atoms with E-state index >= 15 is 0 Å². The second-order valence-electron chi connectivity index (χ2n) is 4.11. The summed E-state index contributed by atoms with van der Waals surface area (Å²) >= 11 is 0. The van der Waals surface area contributed by atoms with E-state index in [4.69, 9.17) is 9.47 Å². The molecule has 0 heterocycles. The molecule has 2 unspecified atom stereocenters. The topological polar surface area (TPSA) is 47.6 Å². The molecule has 18 heavy (non-hydrogen) atoms. The van der Waals surface area contributed by atoms with Gasteiger partial charge in [-0.15, -0.1) is 0 Å². The van der Waals surface area contributed by atoms with Gasteiger partial charge in [-0.3, -0.25) is 4.79 Å². The van der Waals surface area contributed by atoms with Gasteiger partial charge in [0.1, 0.15) is 11.9 Å². The Bertz CT molecular complexity index is 375. The highest BCUT2D eigenvalue weighted by molar-refractivity contribution is 5.80. The minimum absolute atomic E-state index is 0.0502. The lowest BCUT2D eigenvalue weighted by molar-refractivity contribution is -0.130. The van der Waals surface area contributed by atoms with Crippen LogP contribution in [0.15, 0.2) is 24.3 Å². The molecule has 0 aliphatic carbocycles. The number of carbonyl (C=O) groups excluding carboxylic acids is 1. The third-order valence-electron chi connectivity index (χ3n) is 2.77. The third kappa shape index (κ3) is 4.04. The van der Waals surface area contributed by atoms with Gasteiger partial charge >= 0.3 is 0 Å². The van der Waals surface area contributed by atoms with Crippen LogP contribution >= 0.6 is 0 Å². The van der Waals surface area contributed by atoms with Gasteiger partial charge in [0.25, 0.3) is 0 Å². The summed E-state index contributed by atoms with van der Waals surface area (Å²) in [6, 6.07) is 7.66. The monoisotopic (exact) mass is 251 g/mol. The number of benzene rings is 1. The molecular weight excluding hydrogens is 230 g/mol. The zero-order valence-corrected chi connectivity index (χ0v) is 11.4. The first-order valence-electron chi connectivity index (χ1n) is 6.14. The summed E-state index contributed by atoms with van der Waals surface area (Å²) in [5, 5.41) is 2.89. The van der Waals surface area contributed by atoms with E-state index in [1.165, 1.54) is 7.11 Å². The molecule has 0 aliphatic heterocycles. The van der Waals surface area contributed by atoms with Gasteiger partial charge in [0, 0.05) is 7.11 Å². The Morgan fingerprint density at radius 1 is 1.28 bits per heavy atom. The molecule has 4 heteroatoms. The number of amides is 1. The maximum Gasteiger partial charge on any atom is 0.249 e. The van der Waals surface area contributed by atoms with Crippen molar-refractivity contribution >= 4 is 5.91 Å². The normalized spacial score (nSPS) is 13.8. The zero-order chi connectivity index (χ0) is 13.5. The molecule has 0 aromatic heterocycles. The van der Waals surface area contributed by atoms with Crippen LogP contribution in [0.2, 0.25) is 0 Å². The van der Waals surface area contributed by atoms with Gasteiger partial charge in [0.2, 0.25) is 5.91 Å². The highest BCUT2D eigenvalue weighted by Gasteiger charge is 2.15. The molecule has 0 bridgehead atoms. The molecule has 1 rings (SSSR count). The standard InChI is InChI=1S/C14H21NO3/c1-5-18-13-8-6-12(7-9-13)10(2)15-14(16)11(3)17-4/h6-11H,5H2,1-4H3,(H,15,16). The Hall–Kier alpha value is -1.55. The van der Waals surface area contributed by atoms with Crippen molar-refractivity contribution in [2.45, 2.75) is 32.9 Å². The lowest BCUT2D eigenvalue weighted by Gasteiger charge is -2.17. The Morgan fingerprint density at radius 3 is 2.39 bits per heavy atom. The van der Waals surface area contributed by atoms with Gasteiger partial charge in [-0.2, -0.15) is 0 Å². The number of hydrogen-bond donors (Lipinski definition) is 1. The van der Waals surface area contributed by atoms with Gasteiger partial charge in [-0.25, -0.2) is 0 Å². The van der Waals surface area contributed by atoms with E-state index in [1.54, 1.807) is 6.92 Å². The van der Waals surface area contributed by atoms with Crippen molar-refractivity contribution in [2.75, 3.05) is 13.7 Å². The number of hydrogen-bond acceptors (Lipinski definition) is 3. The van der Waals surface area contributed by atoms with Crippen LogP contribution in [-0.4, -0.2) is 25.7 Å². The molecule has 0 aliphatic rings. The maximum absolute atomic E-state index is 11.7. The average molecular weight is 251 g/mol. The summed E-state index contributed by atoms with van der Waals surface area (Å²) in [4.78, 5) is 11.7. The fourth-order valence-electron chi connectivity index (χ4n) is 1.54. The van der Waals surface area contributed by atoms with E-state index in [1.807, 2.05) is 38.1 Å². The molecular formula is C14H21NO3. The Labute approximate surface area is 108 Å². The molecule has 1 aromatic rings. The molecule has 4 nitrogen and oxygen atoms in total. The van der Waals surface area contributed by atoms with Crippen LogP contribution in [0.1, 0.15) is 32.4 Å². The van der Waals surface area contributed by atoms with Crippen molar-refractivity contribution in [3.05, 3.63) is 29.8 Å². The van der Waals surface area contributed by atoms with Crippen molar-refractivity contribution in [2.24, 2.45) is 0 Å². The first-order chi connectivity index (χ1) is 8.58. The minimum Gasteiger partial charge on any atom is -0.494 e. The second-order valence-corrected chi connectivity index (χ2v) is 4.11. The Kier molecular flexibility index (Phi) is 5.65. The van der Waals surface area contributed by atoms with E-state index in [0.717, 1.165) is 11.3 Å². The van der Waals surface area contributed by atoms with Crippen LogP contribution in [0.25, 0.3) is 0 Å². The molecule has 1 amide bonds. The molecule has 2 atom stereocenters. The van der Waals surface area contributed by atoms with Gasteiger partial charge in [-0.1, -0.05) is 12.1 Å². The maximum atomic E-state index is 11.7. The molecule has 1 N–H and O–H groups in total. The highest BCUT2D eigenvalue weighted by atomic mass is 16.5. The molecule has 0 saturated heterocycles. The highest BCUT2D eigenvalue weighted by Crippen LogP contribution is 2.17. The summed E-state index contributed by atoms with van der Waals surface area (Å²) in [6.45, 7) is 6.26. The van der Waals surface area contributed by atoms with E-state index in [2.05, 4.69) is 5.32 Å². The molecule has 100 valence electrons. The molecule has 1 aromatic carbocycles. The number of ether oxygens (including phenoxy) is 2. The van der Waals surface area contributed by atoms with E-state index in [-0.39, 0.29) is 11.9 Å². The minimum atomic E-state index is -0.435. The Morgan fingerprint density at radius 2 is 1.89 bits per heavy atom. The molecule has 0 saturated carbocycles. The summed E-state index contributed by atoms with van der Waals surface area (Å²) in [6.07, 6.45) is -0.435. The van der Waals surface area contributed by atoms with Crippen molar-refractivity contribution < 1.29 is 14.3 Å². The van der Waals surface area contributed by atoms with Crippen LogP contribution in [-0.2, 0) is 9.53 Å². The molecule has 0 spiro atoms. The van der Waals surface area contributed by atoms with Gasteiger partial charge in [-0.05, 0) is 38.5 Å². The zero-order valence-electron chi connectivity index (χ0n) is 11.4. The van der Waals surface area contributed by atoms with Gasteiger partial charge in [0.05, 0.1) is 12.6 Å². The summed E-state index contributed by atoms with van der Waals surface area (Å²) < 4.78 is 10.3. The van der Waals surface area contributed by atoms with E-state index in [0.29, 0.717) is 6.61 Å². The summed E-state index contributed by atoms with van der Waals surface area (Å²) in [7, 11) is 1.52. The smallest absolute Gasteiger partial charge is 0.249 e. The largest absolute Gasteiger partial charge is 0.494 e. The predicted molar refractivity (Wildman–Crippen MR) is 70.6 cm³/mol. The average Bonchev–Trinajstić information content (AvgIpc) is 2.38. The van der Waals surface area contributed by atoms with Crippen LogP contribution in [0.4, 0.5) is 0 Å². The fourth-order valence-corrected chi connectivity index (χ4v) is 1.54. The van der Waals surface area contributed by atoms with Crippen molar-refractivity contribution in [3.63, 3.8) is 0 Å². The number of methoxy groups -OCH3 is 1. The number of carbonyl (C=O) groups is 1. The summed E-state index contributed by atoms with van der Waals surface area (Å²) in [5.41, 5.74) is 1.04. The first kappa shape index (κ1) is 14.5. The van der Waals surface area contributed by atoms with Crippen molar-refractivity contribution in [3.8, 4) is 5.75 Å². The van der Waals surface area contributed by atoms with Crippen LogP contribution < -0.4 is 10.1 Å². The Balaban J connectivity index is 2.61. The molecule has 0 fully saturated rings. The number of nitrogens with one attached hydrogen (secondary N) is 1. The quantitative estimate of drug-likeness (QED) is 0.844. The van der Waals surface area contributed by atoms with Crippen LogP contribution in [0.3, 0.4) is 0 Å². The predicted octanol–water partition coefficient (Wildman–Crippen LogP) is 2.30. The number of rotatable bonds is 6. The molecule has 0 radical (unpaired) electrons.